The lowest BCUT2D eigenvalue weighted by Crippen LogP contribution is -2.28. The first-order valence-electron chi connectivity index (χ1n) is 9.04. The number of benzene rings is 2. The first-order chi connectivity index (χ1) is 13.0. The minimum absolute atomic E-state index is 0.0459. The van der Waals surface area contributed by atoms with E-state index >= 15 is 0 Å². The Morgan fingerprint density at radius 2 is 1.78 bits per heavy atom. The molecule has 140 valence electrons. The molecule has 1 aliphatic heterocycles. The topological polar surface area (TPSA) is 78.5 Å². The molecular formula is C21H23N3O3. The molecule has 1 aliphatic rings. The van der Waals surface area contributed by atoms with E-state index < -0.39 is 5.92 Å². The summed E-state index contributed by atoms with van der Waals surface area (Å²) in [6, 6.07) is 14.8. The van der Waals surface area contributed by atoms with Crippen molar-refractivity contribution in [2.75, 3.05) is 22.1 Å². The molecule has 6 nitrogen and oxygen atoms in total. The number of carbonyl (C=O) groups is 3. The molecule has 0 aromatic heterocycles. The van der Waals surface area contributed by atoms with Crippen molar-refractivity contribution in [3.05, 3.63) is 54.1 Å². The maximum absolute atomic E-state index is 12.6. The van der Waals surface area contributed by atoms with Crippen LogP contribution in [0, 0.1) is 5.92 Å². The maximum Gasteiger partial charge on any atom is 0.229 e. The number of hydrogen-bond acceptors (Lipinski definition) is 3. The second kappa shape index (κ2) is 8.03. The summed E-state index contributed by atoms with van der Waals surface area (Å²) in [4.78, 5) is 37.9. The van der Waals surface area contributed by atoms with Crippen LogP contribution < -0.4 is 15.5 Å². The summed E-state index contributed by atoms with van der Waals surface area (Å²) in [5.74, 6) is -0.829. The van der Waals surface area contributed by atoms with Crippen LogP contribution in [0.15, 0.2) is 48.5 Å². The number of anilines is 3. The van der Waals surface area contributed by atoms with Crippen LogP contribution >= 0.6 is 0 Å². The zero-order valence-electron chi connectivity index (χ0n) is 15.5. The van der Waals surface area contributed by atoms with E-state index in [0.717, 1.165) is 17.7 Å². The van der Waals surface area contributed by atoms with Crippen molar-refractivity contribution >= 4 is 34.8 Å². The van der Waals surface area contributed by atoms with E-state index in [2.05, 4.69) is 17.6 Å². The molecule has 2 aromatic carbocycles. The van der Waals surface area contributed by atoms with E-state index in [9.17, 15) is 14.4 Å². The number of carbonyl (C=O) groups excluding carboxylic acids is 3. The lowest BCUT2D eigenvalue weighted by Gasteiger charge is -2.17. The fraction of sp³-hybridized carbons (Fsp3) is 0.286. The van der Waals surface area contributed by atoms with E-state index in [0.29, 0.717) is 17.9 Å². The third-order valence-corrected chi connectivity index (χ3v) is 4.58. The molecule has 0 radical (unpaired) electrons. The van der Waals surface area contributed by atoms with Crippen LogP contribution in [0.25, 0.3) is 0 Å². The molecule has 1 fully saturated rings. The molecular weight excluding hydrogens is 342 g/mol. The van der Waals surface area contributed by atoms with Gasteiger partial charge in [-0.3, -0.25) is 14.4 Å². The highest BCUT2D eigenvalue weighted by Crippen LogP contribution is 2.27. The van der Waals surface area contributed by atoms with Crippen molar-refractivity contribution in [3.63, 3.8) is 0 Å². The van der Waals surface area contributed by atoms with E-state index in [4.69, 9.17) is 0 Å². The molecule has 0 saturated carbocycles. The fourth-order valence-corrected chi connectivity index (χ4v) is 3.20. The summed E-state index contributed by atoms with van der Waals surface area (Å²) in [6.45, 7) is 3.86. The highest BCUT2D eigenvalue weighted by molar-refractivity contribution is 6.03. The SMILES string of the molecule is CCc1cccc(N2C[C@H](C(=O)Nc3cccc(NC(C)=O)c3)CC2=O)c1. The summed E-state index contributed by atoms with van der Waals surface area (Å²) in [6.07, 6.45) is 1.08. The van der Waals surface area contributed by atoms with Crippen LogP contribution in [0.3, 0.4) is 0 Å². The van der Waals surface area contributed by atoms with Gasteiger partial charge in [0.05, 0.1) is 5.92 Å². The van der Waals surface area contributed by atoms with Crippen LogP contribution in [-0.2, 0) is 20.8 Å². The molecule has 1 heterocycles. The van der Waals surface area contributed by atoms with Gasteiger partial charge >= 0.3 is 0 Å². The number of aryl methyl sites for hydroxylation is 1. The van der Waals surface area contributed by atoms with E-state index in [-0.39, 0.29) is 24.1 Å². The van der Waals surface area contributed by atoms with Crippen LogP contribution in [0.2, 0.25) is 0 Å². The van der Waals surface area contributed by atoms with Crippen LogP contribution in [0.1, 0.15) is 25.8 Å². The maximum atomic E-state index is 12.6. The normalized spacial score (nSPS) is 16.3. The van der Waals surface area contributed by atoms with Gasteiger partial charge in [0.1, 0.15) is 0 Å². The highest BCUT2D eigenvalue weighted by Gasteiger charge is 2.35. The molecule has 1 saturated heterocycles. The first kappa shape index (κ1) is 18.6. The largest absolute Gasteiger partial charge is 0.326 e. The third kappa shape index (κ3) is 4.53. The summed E-state index contributed by atoms with van der Waals surface area (Å²) in [7, 11) is 0. The molecule has 2 aromatic rings. The van der Waals surface area contributed by atoms with Gasteiger partial charge in [-0.1, -0.05) is 25.1 Å². The van der Waals surface area contributed by atoms with Gasteiger partial charge in [0.25, 0.3) is 0 Å². The number of hydrogen-bond donors (Lipinski definition) is 2. The van der Waals surface area contributed by atoms with Crippen LogP contribution in [0.5, 0.6) is 0 Å². The quantitative estimate of drug-likeness (QED) is 0.854. The molecule has 1 atom stereocenters. The molecule has 3 rings (SSSR count). The number of rotatable bonds is 5. The Labute approximate surface area is 158 Å². The van der Waals surface area contributed by atoms with Crippen LogP contribution in [-0.4, -0.2) is 24.3 Å². The van der Waals surface area contributed by atoms with Gasteiger partial charge in [-0.25, -0.2) is 0 Å². The zero-order valence-corrected chi connectivity index (χ0v) is 15.5. The average Bonchev–Trinajstić information content (AvgIpc) is 3.03. The number of nitrogens with one attached hydrogen (secondary N) is 2. The van der Waals surface area contributed by atoms with E-state index in [1.807, 2.05) is 24.3 Å². The van der Waals surface area contributed by atoms with Gasteiger partial charge in [0.15, 0.2) is 0 Å². The summed E-state index contributed by atoms with van der Waals surface area (Å²) in [5.41, 5.74) is 3.19. The molecule has 3 amide bonds. The van der Waals surface area contributed by atoms with Gasteiger partial charge in [-0.2, -0.15) is 0 Å². The molecule has 0 spiro atoms. The fourth-order valence-electron chi connectivity index (χ4n) is 3.20. The second-order valence-electron chi connectivity index (χ2n) is 6.68. The molecule has 0 aliphatic carbocycles. The van der Waals surface area contributed by atoms with Gasteiger partial charge in [0.2, 0.25) is 17.7 Å². The standard InChI is InChI=1S/C21H23N3O3/c1-3-15-6-4-9-19(10-15)24-13-16(11-20(24)26)21(27)23-18-8-5-7-17(12-18)22-14(2)25/h4-10,12,16H,3,11,13H2,1-2H3,(H,22,25)(H,23,27)/t16-/m1/s1. The molecule has 27 heavy (non-hydrogen) atoms. The van der Waals surface area contributed by atoms with Crippen molar-refractivity contribution in [2.24, 2.45) is 5.92 Å². The minimum atomic E-state index is -0.410. The number of amides is 3. The van der Waals surface area contributed by atoms with E-state index in [1.54, 1.807) is 29.2 Å². The van der Waals surface area contributed by atoms with Crippen molar-refractivity contribution in [3.8, 4) is 0 Å². The summed E-state index contributed by atoms with van der Waals surface area (Å²) < 4.78 is 0. The van der Waals surface area contributed by atoms with Crippen LogP contribution in [0.4, 0.5) is 17.1 Å². The molecule has 2 N–H and O–H groups in total. The third-order valence-electron chi connectivity index (χ3n) is 4.58. The van der Waals surface area contributed by atoms with Crippen molar-refractivity contribution < 1.29 is 14.4 Å². The van der Waals surface area contributed by atoms with Crippen molar-refractivity contribution in [2.45, 2.75) is 26.7 Å². The van der Waals surface area contributed by atoms with E-state index in [1.165, 1.54) is 6.92 Å². The smallest absolute Gasteiger partial charge is 0.229 e. The Morgan fingerprint density at radius 1 is 1.07 bits per heavy atom. The monoisotopic (exact) mass is 365 g/mol. The molecule has 0 unspecified atom stereocenters. The Hall–Kier alpha value is -3.15. The minimum Gasteiger partial charge on any atom is -0.326 e. The molecule has 0 bridgehead atoms. The summed E-state index contributed by atoms with van der Waals surface area (Å²) >= 11 is 0. The number of nitrogens with zero attached hydrogens (tertiary/aromatic N) is 1. The second-order valence-corrected chi connectivity index (χ2v) is 6.68. The van der Waals surface area contributed by atoms with Gasteiger partial charge in [-0.05, 0) is 42.3 Å². The van der Waals surface area contributed by atoms with Crippen molar-refractivity contribution in [1.82, 2.24) is 0 Å². The van der Waals surface area contributed by atoms with Gasteiger partial charge in [0, 0.05) is 37.0 Å². The Kier molecular flexibility index (Phi) is 5.54. The molecule has 6 heteroatoms. The lowest BCUT2D eigenvalue weighted by molar-refractivity contribution is -0.122. The Bertz CT molecular complexity index is 878. The summed E-state index contributed by atoms with van der Waals surface area (Å²) in [5, 5.41) is 5.53. The van der Waals surface area contributed by atoms with Gasteiger partial charge in [-0.15, -0.1) is 0 Å². The lowest BCUT2D eigenvalue weighted by atomic mass is 10.1. The van der Waals surface area contributed by atoms with Crippen molar-refractivity contribution in [1.29, 1.82) is 0 Å². The van der Waals surface area contributed by atoms with Gasteiger partial charge < -0.3 is 15.5 Å². The first-order valence-corrected chi connectivity index (χ1v) is 9.04. The Balaban J connectivity index is 1.68. The predicted molar refractivity (Wildman–Crippen MR) is 106 cm³/mol. The average molecular weight is 365 g/mol. The zero-order chi connectivity index (χ0) is 19.4. The predicted octanol–water partition coefficient (Wildman–Crippen LogP) is 3.20. The Morgan fingerprint density at radius 3 is 2.48 bits per heavy atom. The highest BCUT2D eigenvalue weighted by atomic mass is 16.2.